The van der Waals surface area contributed by atoms with Crippen LogP contribution < -0.4 is 51.4 Å². The molecule has 0 aromatic heterocycles. The summed E-state index contributed by atoms with van der Waals surface area (Å²) in [6.07, 6.45) is 6.56. The van der Waals surface area contributed by atoms with Gasteiger partial charge in [0.15, 0.2) is 0 Å². The topological polar surface area (TPSA) is 9.23 Å². The number of hydrogen-bond donors (Lipinski definition) is 0. The van der Waals surface area contributed by atoms with Gasteiger partial charge in [-0.3, -0.25) is 0 Å². The molecule has 2 fully saturated rings. The third-order valence-electron chi connectivity index (χ3n) is 3.43. The summed E-state index contributed by atoms with van der Waals surface area (Å²) in [6, 6.07) is 0. The summed E-state index contributed by atoms with van der Waals surface area (Å²) in [6.45, 7) is 6.04. The van der Waals surface area contributed by atoms with Crippen molar-refractivity contribution in [1.29, 1.82) is 0 Å². The first kappa shape index (κ1) is 11.7. The van der Waals surface area contributed by atoms with Crippen molar-refractivity contribution in [1.82, 2.24) is 0 Å². The van der Waals surface area contributed by atoms with E-state index in [1.165, 1.54) is 25.7 Å². The van der Waals surface area contributed by atoms with Crippen molar-refractivity contribution in [3.8, 4) is 0 Å². The van der Waals surface area contributed by atoms with Gasteiger partial charge >= 0.3 is 51.4 Å². The van der Waals surface area contributed by atoms with Crippen molar-refractivity contribution in [3.05, 3.63) is 6.92 Å². The minimum absolute atomic E-state index is 0. The van der Waals surface area contributed by atoms with Gasteiger partial charge < -0.3 is 11.7 Å². The van der Waals surface area contributed by atoms with Crippen molar-refractivity contribution in [2.75, 3.05) is 13.2 Å². The van der Waals surface area contributed by atoms with Crippen LogP contribution in [0, 0.1) is 18.3 Å². The summed E-state index contributed by atoms with van der Waals surface area (Å²) in [5, 5.41) is 0. The summed E-state index contributed by atoms with van der Waals surface area (Å²) in [4.78, 5) is 0. The number of hydrogen-bond acceptors (Lipinski definition) is 1. The molecule has 0 atom stereocenters. The third-order valence-corrected chi connectivity index (χ3v) is 3.43. The van der Waals surface area contributed by atoms with E-state index in [1.54, 1.807) is 0 Å². The SMILES string of the molecule is [CH2-]CC1(C2CC2)CCOCC1.[K+]. The average molecular weight is 192 g/mol. The normalized spacial score (nSPS) is 27.8. The van der Waals surface area contributed by atoms with Crippen LogP contribution in [0.25, 0.3) is 0 Å². The molecule has 1 saturated heterocycles. The average Bonchev–Trinajstić information content (AvgIpc) is 2.88. The van der Waals surface area contributed by atoms with Gasteiger partial charge in [-0.2, -0.15) is 6.42 Å². The van der Waals surface area contributed by atoms with Crippen LogP contribution in [0.1, 0.15) is 32.1 Å². The maximum absolute atomic E-state index is 5.38. The number of ether oxygens (including phenoxy) is 1. The molecule has 1 heterocycles. The van der Waals surface area contributed by atoms with Gasteiger partial charge in [-0.05, 0) is 37.0 Å². The van der Waals surface area contributed by atoms with Crippen LogP contribution in [0.4, 0.5) is 0 Å². The van der Waals surface area contributed by atoms with E-state index in [2.05, 4.69) is 6.92 Å². The molecule has 0 aromatic rings. The fourth-order valence-corrected chi connectivity index (χ4v) is 2.34. The monoisotopic (exact) mass is 192 g/mol. The second-order valence-electron chi connectivity index (χ2n) is 4.00. The second-order valence-corrected chi connectivity index (χ2v) is 4.00. The summed E-state index contributed by atoms with van der Waals surface area (Å²) in [5.41, 5.74) is 0.595. The maximum atomic E-state index is 5.38. The molecule has 0 bridgehead atoms. The Morgan fingerprint density at radius 2 is 1.83 bits per heavy atom. The summed E-state index contributed by atoms with van der Waals surface area (Å²) in [7, 11) is 0. The van der Waals surface area contributed by atoms with E-state index < -0.39 is 0 Å². The van der Waals surface area contributed by atoms with Gasteiger partial charge in [0.1, 0.15) is 0 Å². The minimum Gasteiger partial charge on any atom is -0.381 e. The smallest absolute Gasteiger partial charge is 0.381 e. The van der Waals surface area contributed by atoms with Crippen LogP contribution in [-0.4, -0.2) is 13.2 Å². The Labute approximate surface area is 118 Å². The van der Waals surface area contributed by atoms with E-state index in [1.807, 2.05) is 0 Å². The van der Waals surface area contributed by atoms with E-state index in [-0.39, 0.29) is 51.4 Å². The fraction of sp³-hybridized carbons (Fsp3) is 0.900. The first-order valence-electron chi connectivity index (χ1n) is 4.74. The molecule has 0 amide bonds. The van der Waals surface area contributed by atoms with Crippen LogP contribution in [0.3, 0.4) is 0 Å². The van der Waals surface area contributed by atoms with Crippen molar-refractivity contribution >= 4 is 0 Å². The minimum atomic E-state index is 0. The Balaban J connectivity index is 0.000000720. The predicted octanol–water partition coefficient (Wildman–Crippen LogP) is -0.579. The zero-order valence-corrected chi connectivity index (χ0v) is 11.3. The van der Waals surface area contributed by atoms with Crippen molar-refractivity contribution in [2.24, 2.45) is 11.3 Å². The second kappa shape index (κ2) is 4.90. The third kappa shape index (κ3) is 2.34. The number of rotatable bonds is 2. The maximum Gasteiger partial charge on any atom is 1.00 e. The summed E-state index contributed by atoms with van der Waals surface area (Å²) in [5.74, 6) is 1.00. The molecule has 1 aliphatic carbocycles. The van der Waals surface area contributed by atoms with Crippen molar-refractivity contribution in [2.45, 2.75) is 32.1 Å². The van der Waals surface area contributed by atoms with Gasteiger partial charge in [0.25, 0.3) is 0 Å². The standard InChI is InChI=1S/C10H17O.K/c1-2-10(9-3-4-9)5-7-11-8-6-10;/h9H,1-8H2;/q-1;+1. The van der Waals surface area contributed by atoms with Crippen LogP contribution in [0.2, 0.25) is 0 Å². The van der Waals surface area contributed by atoms with Crippen LogP contribution >= 0.6 is 0 Å². The van der Waals surface area contributed by atoms with Gasteiger partial charge in [0.05, 0.1) is 0 Å². The molecule has 2 aliphatic rings. The first-order chi connectivity index (χ1) is 5.37. The predicted molar refractivity (Wildman–Crippen MR) is 45.2 cm³/mol. The molecular weight excluding hydrogens is 175 g/mol. The van der Waals surface area contributed by atoms with Gasteiger partial charge in [0.2, 0.25) is 0 Å². The zero-order valence-electron chi connectivity index (χ0n) is 8.14. The van der Waals surface area contributed by atoms with E-state index in [4.69, 9.17) is 4.74 Å². The van der Waals surface area contributed by atoms with Gasteiger partial charge in [-0.15, -0.1) is 0 Å². The van der Waals surface area contributed by atoms with E-state index >= 15 is 0 Å². The molecule has 0 radical (unpaired) electrons. The Bertz CT molecular complexity index is 137. The molecule has 0 unspecified atom stereocenters. The largest absolute Gasteiger partial charge is 1.00 e. The Morgan fingerprint density at radius 1 is 1.25 bits per heavy atom. The van der Waals surface area contributed by atoms with Crippen molar-refractivity contribution in [3.63, 3.8) is 0 Å². The molecule has 1 saturated carbocycles. The Kier molecular flexibility index (Phi) is 4.76. The summed E-state index contributed by atoms with van der Waals surface area (Å²) < 4.78 is 5.38. The molecule has 2 rings (SSSR count). The van der Waals surface area contributed by atoms with Crippen LogP contribution in [0.15, 0.2) is 0 Å². The molecule has 1 nitrogen and oxygen atoms in total. The molecule has 0 aromatic carbocycles. The molecule has 1 aliphatic heterocycles. The van der Waals surface area contributed by atoms with Gasteiger partial charge in [0, 0.05) is 13.2 Å². The quantitative estimate of drug-likeness (QED) is 0.420. The van der Waals surface area contributed by atoms with E-state index in [0.717, 1.165) is 25.6 Å². The Hall–Kier alpha value is 1.60. The van der Waals surface area contributed by atoms with Gasteiger partial charge in [-0.1, -0.05) is 0 Å². The Morgan fingerprint density at radius 3 is 2.25 bits per heavy atom. The van der Waals surface area contributed by atoms with E-state index in [9.17, 15) is 0 Å². The van der Waals surface area contributed by atoms with E-state index in [0.29, 0.717) is 5.41 Å². The molecule has 64 valence electrons. The first-order valence-corrected chi connectivity index (χ1v) is 4.74. The van der Waals surface area contributed by atoms with Crippen LogP contribution in [0.5, 0.6) is 0 Å². The molecule has 2 heteroatoms. The van der Waals surface area contributed by atoms with Crippen molar-refractivity contribution < 1.29 is 56.1 Å². The summed E-state index contributed by atoms with van der Waals surface area (Å²) >= 11 is 0. The fourth-order valence-electron chi connectivity index (χ4n) is 2.34. The van der Waals surface area contributed by atoms with Gasteiger partial charge in [-0.25, -0.2) is 0 Å². The molecule has 0 N–H and O–H groups in total. The molecule has 12 heavy (non-hydrogen) atoms. The molecular formula is C10H17KO. The molecule has 0 spiro atoms. The van der Waals surface area contributed by atoms with Crippen LogP contribution in [-0.2, 0) is 4.74 Å². The zero-order chi connectivity index (χ0) is 7.73.